The molecule has 0 bridgehead atoms. The molecule has 0 radical (unpaired) electrons. The van der Waals surface area contributed by atoms with Gasteiger partial charge in [-0.25, -0.2) is 0 Å². The molecule has 2 heteroatoms. The summed E-state index contributed by atoms with van der Waals surface area (Å²) in [6, 6.07) is 10.3. The first kappa shape index (κ1) is 16.2. The Morgan fingerprint density at radius 3 is 2.26 bits per heavy atom. The highest BCUT2D eigenvalue weighted by Crippen LogP contribution is 2.20. The molecule has 0 aliphatic heterocycles. The van der Waals surface area contributed by atoms with Crippen molar-refractivity contribution in [3.63, 3.8) is 0 Å². The largest absolute Gasteiger partial charge is 0.372 e. The van der Waals surface area contributed by atoms with Gasteiger partial charge in [-0.2, -0.15) is 0 Å². The average molecular weight is 263 g/mol. The zero-order valence-corrected chi connectivity index (χ0v) is 12.5. The van der Waals surface area contributed by atoms with E-state index in [4.69, 9.17) is 10.5 Å². The number of nitrogens with two attached hydrogens (primary N) is 1. The fourth-order valence-corrected chi connectivity index (χ4v) is 2.29. The van der Waals surface area contributed by atoms with E-state index in [1.807, 2.05) is 25.1 Å². The van der Waals surface area contributed by atoms with Crippen molar-refractivity contribution in [1.82, 2.24) is 0 Å². The Bertz CT molecular complexity index is 310. The molecule has 0 saturated carbocycles. The third-order valence-electron chi connectivity index (χ3n) is 3.40. The fraction of sp³-hybridized carbons (Fsp3) is 0.647. The number of benzene rings is 1. The second-order valence-electron chi connectivity index (χ2n) is 5.33. The van der Waals surface area contributed by atoms with Gasteiger partial charge in [0.25, 0.3) is 0 Å². The number of unbranched alkanes of at least 4 members (excludes halogenated alkanes) is 5. The van der Waals surface area contributed by atoms with Crippen molar-refractivity contribution in [3.05, 3.63) is 35.9 Å². The lowest BCUT2D eigenvalue weighted by Crippen LogP contribution is -2.27. The lowest BCUT2D eigenvalue weighted by atomic mass is 10.0. The second kappa shape index (κ2) is 9.99. The second-order valence-corrected chi connectivity index (χ2v) is 5.33. The highest BCUT2D eigenvalue weighted by atomic mass is 16.5. The van der Waals surface area contributed by atoms with Crippen LogP contribution in [0.25, 0.3) is 0 Å². The first-order chi connectivity index (χ1) is 9.25. The van der Waals surface area contributed by atoms with Crippen LogP contribution in [0.1, 0.15) is 64.0 Å². The van der Waals surface area contributed by atoms with Crippen LogP contribution < -0.4 is 5.73 Å². The molecule has 19 heavy (non-hydrogen) atoms. The Hall–Kier alpha value is -0.860. The van der Waals surface area contributed by atoms with Crippen LogP contribution in [0.4, 0.5) is 0 Å². The summed E-state index contributed by atoms with van der Waals surface area (Å²) in [7, 11) is 0. The molecule has 108 valence electrons. The van der Waals surface area contributed by atoms with Crippen molar-refractivity contribution < 1.29 is 4.74 Å². The molecule has 0 spiro atoms. The maximum Gasteiger partial charge on any atom is 0.0972 e. The molecule has 0 amide bonds. The van der Waals surface area contributed by atoms with Gasteiger partial charge in [0.05, 0.1) is 6.10 Å². The Labute approximate surface area is 118 Å². The van der Waals surface area contributed by atoms with Crippen molar-refractivity contribution in [2.75, 3.05) is 6.61 Å². The van der Waals surface area contributed by atoms with E-state index in [0.29, 0.717) is 0 Å². The number of hydrogen-bond acceptors (Lipinski definition) is 2. The topological polar surface area (TPSA) is 35.2 Å². The van der Waals surface area contributed by atoms with E-state index in [9.17, 15) is 0 Å². The monoisotopic (exact) mass is 263 g/mol. The third kappa shape index (κ3) is 6.74. The van der Waals surface area contributed by atoms with E-state index in [1.54, 1.807) is 0 Å². The number of rotatable bonds is 10. The standard InChI is InChI=1S/C17H29NO/c1-3-4-5-6-7-11-14-19-17(15(2)18)16-12-9-8-10-13-16/h8-10,12-13,15,17H,3-7,11,14,18H2,1-2H3. The number of hydrogen-bond donors (Lipinski definition) is 1. The molecule has 0 aliphatic carbocycles. The first-order valence-electron chi connectivity index (χ1n) is 7.67. The van der Waals surface area contributed by atoms with Crippen LogP contribution >= 0.6 is 0 Å². The summed E-state index contributed by atoms with van der Waals surface area (Å²) in [5.74, 6) is 0. The van der Waals surface area contributed by atoms with Crippen LogP contribution in [0.5, 0.6) is 0 Å². The predicted molar refractivity (Wildman–Crippen MR) is 82.2 cm³/mol. The fourth-order valence-electron chi connectivity index (χ4n) is 2.29. The van der Waals surface area contributed by atoms with Crippen molar-refractivity contribution in [1.29, 1.82) is 0 Å². The molecule has 2 unspecified atom stereocenters. The average Bonchev–Trinajstić information content (AvgIpc) is 2.42. The lowest BCUT2D eigenvalue weighted by molar-refractivity contribution is 0.0358. The van der Waals surface area contributed by atoms with Gasteiger partial charge in [-0.05, 0) is 18.9 Å². The Kier molecular flexibility index (Phi) is 8.52. The molecule has 2 nitrogen and oxygen atoms in total. The van der Waals surface area contributed by atoms with Crippen LogP contribution in [0, 0.1) is 0 Å². The third-order valence-corrected chi connectivity index (χ3v) is 3.40. The summed E-state index contributed by atoms with van der Waals surface area (Å²) in [6.45, 7) is 5.07. The lowest BCUT2D eigenvalue weighted by Gasteiger charge is -2.22. The minimum Gasteiger partial charge on any atom is -0.372 e. The highest BCUT2D eigenvalue weighted by Gasteiger charge is 2.15. The van der Waals surface area contributed by atoms with Crippen LogP contribution in [-0.2, 0) is 4.74 Å². The molecular weight excluding hydrogens is 234 g/mol. The summed E-state index contributed by atoms with van der Waals surface area (Å²) in [6.07, 6.45) is 7.76. The number of ether oxygens (including phenoxy) is 1. The minimum absolute atomic E-state index is 0.0249. The Balaban J connectivity index is 2.24. The van der Waals surface area contributed by atoms with Gasteiger partial charge >= 0.3 is 0 Å². The molecule has 1 rings (SSSR count). The summed E-state index contributed by atoms with van der Waals surface area (Å²) in [5.41, 5.74) is 7.21. The van der Waals surface area contributed by atoms with E-state index in [0.717, 1.165) is 13.0 Å². The van der Waals surface area contributed by atoms with Gasteiger partial charge in [-0.3, -0.25) is 0 Å². The van der Waals surface area contributed by atoms with Crippen molar-refractivity contribution in [2.45, 2.75) is 64.5 Å². The maximum atomic E-state index is 6.02. The van der Waals surface area contributed by atoms with Crippen molar-refractivity contribution in [2.24, 2.45) is 5.73 Å². The van der Waals surface area contributed by atoms with Gasteiger partial charge in [0.1, 0.15) is 0 Å². The van der Waals surface area contributed by atoms with Crippen LogP contribution in [-0.4, -0.2) is 12.6 Å². The van der Waals surface area contributed by atoms with Gasteiger partial charge in [-0.15, -0.1) is 0 Å². The minimum atomic E-state index is 0.0249. The molecule has 0 saturated heterocycles. The SMILES string of the molecule is CCCCCCCCOC(c1ccccc1)C(C)N. The molecule has 2 N–H and O–H groups in total. The summed E-state index contributed by atoms with van der Waals surface area (Å²) < 4.78 is 5.97. The molecule has 0 fully saturated rings. The predicted octanol–water partition coefficient (Wildman–Crippen LogP) is 4.45. The molecule has 1 aromatic rings. The molecular formula is C17H29NO. The van der Waals surface area contributed by atoms with Gasteiger partial charge in [0.15, 0.2) is 0 Å². The first-order valence-corrected chi connectivity index (χ1v) is 7.67. The van der Waals surface area contributed by atoms with Gasteiger partial charge in [-0.1, -0.05) is 69.4 Å². The van der Waals surface area contributed by atoms with Crippen molar-refractivity contribution >= 4 is 0 Å². The quantitative estimate of drug-likeness (QED) is 0.633. The Morgan fingerprint density at radius 1 is 1.00 bits per heavy atom. The van der Waals surface area contributed by atoms with Gasteiger partial charge in [0, 0.05) is 12.6 Å². The van der Waals surface area contributed by atoms with E-state index in [1.165, 1.54) is 37.7 Å². The molecule has 0 aliphatic rings. The molecule has 0 heterocycles. The van der Waals surface area contributed by atoms with Crippen molar-refractivity contribution in [3.8, 4) is 0 Å². The van der Waals surface area contributed by atoms with E-state index in [-0.39, 0.29) is 12.1 Å². The summed E-state index contributed by atoms with van der Waals surface area (Å²) in [5, 5.41) is 0. The maximum absolute atomic E-state index is 6.02. The molecule has 1 aromatic carbocycles. The van der Waals surface area contributed by atoms with E-state index in [2.05, 4.69) is 19.1 Å². The Morgan fingerprint density at radius 2 is 1.63 bits per heavy atom. The van der Waals surface area contributed by atoms with E-state index < -0.39 is 0 Å². The van der Waals surface area contributed by atoms with Gasteiger partial charge in [0.2, 0.25) is 0 Å². The summed E-state index contributed by atoms with van der Waals surface area (Å²) in [4.78, 5) is 0. The van der Waals surface area contributed by atoms with Crippen LogP contribution in [0.15, 0.2) is 30.3 Å². The summed E-state index contributed by atoms with van der Waals surface area (Å²) >= 11 is 0. The zero-order chi connectivity index (χ0) is 13.9. The normalized spacial score (nSPS) is 14.3. The molecule has 0 aromatic heterocycles. The zero-order valence-electron chi connectivity index (χ0n) is 12.5. The van der Waals surface area contributed by atoms with Crippen LogP contribution in [0.2, 0.25) is 0 Å². The smallest absolute Gasteiger partial charge is 0.0972 e. The van der Waals surface area contributed by atoms with Crippen LogP contribution in [0.3, 0.4) is 0 Å². The highest BCUT2D eigenvalue weighted by molar-refractivity contribution is 5.18. The van der Waals surface area contributed by atoms with Gasteiger partial charge < -0.3 is 10.5 Å². The molecule has 2 atom stereocenters. The van der Waals surface area contributed by atoms with E-state index >= 15 is 0 Å².